The van der Waals surface area contributed by atoms with Gasteiger partial charge in [-0.2, -0.15) is 5.10 Å². The molecule has 0 spiro atoms. The third-order valence-electron chi connectivity index (χ3n) is 4.68. The second-order valence-corrected chi connectivity index (χ2v) is 7.22. The van der Waals surface area contributed by atoms with Gasteiger partial charge in [-0.3, -0.25) is 4.99 Å². The summed E-state index contributed by atoms with van der Waals surface area (Å²) in [5, 5.41) is 12.1. The topological polar surface area (TPSA) is 89.7 Å². The molecule has 0 saturated carbocycles. The maximum Gasteiger partial charge on any atom is 0.248 e. The molecule has 1 aromatic heterocycles. The van der Waals surface area contributed by atoms with Crippen LogP contribution in [0.5, 0.6) is 0 Å². The molecule has 0 saturated heterocycles. The van der Waals surface area contributed by atoms with E-state index < -0.39 is 0 Å². The van der Waals surface area contributed by atoms with Crippen LogP contribution in [0.3, 0.4) is 0 Å². The minimum absolute atomic E-state index is 0.482. The summed E-state index contributed by atoms with van der Waals surface area (Å²) in [4.78, 5) is 4.44. The van der Waals surface area contributed by atoms with E-state index in [0.29, 0.717) is 17.7 Å². The van der Waals surface area contributed by atoms with Gasteiger partial charge in [0.1, 0.15) is 0 Å². The maximum absolute atomic E-state index is 5.86. The molecule has 6 nitrogen and oxygen atoms in total. The fraction of sp³-hybridized carbons (Fsp3) is 0.304. The summed E-state index contributed by atoms with van der Waals surface area (Å²) < 4.78 is 5.86. The fourth-order valence-electron chi connectivity index (χ4n) is 2.83. The van der Waals surface area contributed by atoms with Crippen molar-refractivity contribution < 1.29 is 4.42 Å². The monoisotopic (exact) mass is 389 g/mol. The van der Waals surface area contributed by atoms with Crippen LogP contribution in [0.4, 0.5) is 5.69 Å². The molecule has 29 heavy (non-hydrogen) atoms. The quantitative estimate of drug-likeness (QED) is 0.302. The molecule has 0 radical (unpaired) electrons. The molecule has 0 fully saturated rings. The summed E-state index contributed by atoms with van der Waals surface area (Å²) in [6.45, 7) is 6.47. The van der Waals surface area contributed by atoms with Crippen LogP contribution < -0.4 is 5.84 Å². The van der Waals surface area contributed by atoms with E-state index in [9.17, 15) is 0 Å². The van der Waals surface area contributed by atoms with Crippen molar-refractivity contribution in [2.45, 2.75) is 46.0 Å². The van der Waals surface area contributed by atoms with Gasteiger partial charge in [0, 0.05) is 11.1 Å². The zero-order valence-corrected chi connectivity index (χ0v) is 17.2. The number of hydrazone groups is 1. The molecule has 0 aliphatic heterocycles. The summed E-state index contributed by atoms with van der Waals surface area (Å²) in [5.41, 5.74) is 4.65. The molecule has 0 aliphatic rings. The van der Waals surface area contributed by atoms with Gasteiger partial charge in [0.2, 0.25) is 11.8 Å². The minimum atomic E-state index is 0.482. The van der Waals surface area contributed by atoms with Crippen LogP contribution >= 0.6 is 0 Å². The van der Waals surface area contributed by atoms with E-state index >= 15 is 0 Å². The molecule has 150 valence electrons. The number of aromatic nitrogens is 2. The van der Waals surface area contributed by atoms with E-state index in [1.54, 1.807) is 6.21 Å². The Hall–Kier alpha value is -3.28. The van der Waals surface area contributed by atoms with Gasteiger partial charge in [-0.25, -0.2) is 0 Å². The van der Waals surface area contributed by atoms with Crippen molar-refractivity contribution in [3.8, 4) is 22.9 Å². The highest BCUT2D eigenvalue weighted by atomic mass is 16.4. The molecule has 3 rings (SSSR count). The molecule has 2 N–H and O–H groups in total. The van der Waals surface area contributed by atoms with Crippen molar-refractivity contribution in [3.63, 3.8) is 0 Å². The van der Waals surface area contributed by atoms with Crippen molar-refractivity contribution in [1.29, 1.82) is 0 Å². The summed E-state index contributed by atoms with van der Waals surface area (Å²) in [5.74, 6) is 6.90. The van der Waals surface area contributed by atoms with Crippen LogP contribution in [0.1, 0.15) is 51.5 Å². The van der Waals surface area contributed by atoms with Crippen LogP contribution in [-0.4, -0.2) is 22.1 Å². The Bertz CT molecular complexity index is 969. The van der Waals surface area contributed by atoms with Crippen LogP contribution in [0.25, 0.3) is 22.9 Å². The molecule has 0 unspecified atom stereocenters. The molecule has 0 amide bonds. The maximum atomic E-state index is 5.86. The highest BCUT2D eigenvalue weighted by Crippen LogP contribution is 2.26. The Balaban J connectivity index is 1.70. The van der Waals surface area contributed by atoms with Crippen molar-refractivity contribution in [2.75, 3.05) is 0 Å². The Labute approximate surface area is 171 Å². The molecule has 0 aliphatic carbocycles. The number of benzene rings is 2. The van der Waals surface area contributed by atoms with E-state index in [-0.39, 0.29) is 0 Å². The minimum Gasteiger partial charge on any atom is -0.416 e. The number of rotatable bonds is 8. The summed E-state index contributed by atoms with van der Waals surface area (Å²) >= 11 is 0. The van der Waals surface area contributed by atoms with Gasteiger partial charge in [0.15, 0.2) is 0 Å². The normalized spacial score (nSPS) is 12.2. The Morgan fingerprint density at radius 2 is 1.59 bits per heavy atom. The number of nitrogens with two attached hydrogens (primary N) is 1. The highest BCUT2D eigenvalue weighted by molar-refractivity contribution is 6.30. The molecule has 0 bridgehead atoms. The second-order valence-electron chi connectivity index (χ2n) is 7.22. The molecule has 2 aromatic carbocycles. The molecule has 0 atom stereocenters. The number of hydrogen-bond donors (Lipinski definition) is 1. The number of aliphatic imine (C=N–C) groups is 1. The van der Waals surface area contributed by atoms with Gasteiger partial charge < -0.3 is 10.3 Å². The van der Waals surface area contributed by atoms with E-state index in [1.165, 1.54) is 5.56 Å². The SMILES string of the molecule is CCCC/C(C=Nc1ccc(-c2nnc(-c3ccc(C(C)C)cc3)o2)cc1)=N/N. The van der Waals surface area contributed by atoms with Crippen molar-refractivity contribution in [3.05, 3.63) is 54.1 Å². The zero-order valence-electron chi connectivity index (χ0n) is 17.2. The van der Waals surface area contributed by atoms with E-state index in [4.69, 9.17) is 10.3 Å². The van der Waals surface area contributed by atoms with Crippen LogP contribution in [0, 0.1) is 0 Å². The van der Waals surface area contributed by atoms with Crippen LogP contribution in [0.15, 0.2) is 63.0 Å². The van der Waals surface area contributed by atoms with Crippen LogP contribution in [0.2, 0.25) is 0 Å². The molecular formula is C23H27N5O. The van der Waals surface area contributed by atoms with E-state index in [0.717, 1.165) is 41.8 Å². The standard InChI is InChI=1S/C23H27N5O/c1-4-5-6-21(26-24)15-25-20-13-11-19(12-14-20)23-28-27-22(29-23)18-9-7-17(8-10-18)16(2)3/h7-16H,4-6,24H2,1-3H3/b25-15?,26-21-. The fourth-order valence-corrected chi connectivity index (χ4v) is 2.83. The van der Waals surface area contributed by atoms with Crippen molar-refractivity contribution in [1.82, 2.24) is 10.2 Å². The molecule has 3 aromatic rings. The lowest BCUT2D eigenvalue weighted by Gasteiger charge is -2.04. The van der Waals surface area contributed by atoms with Gasteiger partial charge in [-0.15, -0.1) is 10.2 Å². The number of unbranched alkanes of at least 4 members (excludes halogenated alkanes) is 1. The second kappa shape index (κ2) is 9.78. The first-order valence-electron chi connectivity index (χ1n) is 9.95. The molecule has 6 heteroatoms. The largest absolute Gasteiger partial charge is 0.416 e. The highest BCUT2D eigenvalue weighted by Gasteiger charge is 2.11. The number of nitrogens with zero attached hydrogens (tertiary/aromatic N) is 4. The third kappa shape index (κ3) is 5.38. The van der Waals surface area contributed by atoms with Gasteiger partial charge in [-0.05, 0) is 60.7 Å². The smallest absolute Gasteiger partial charge is 0.248 e. The first-order chi connectivity index (χ1) is 14.1. The summed E-state index contributed by atoms with van der Waals surface area (Å²) in [6, 6.07) is 15.8. The van der Waals surface area contributed by atoms with Gasteiger partial charge in [0.25, 0.3) is 0 Å². The first kappa shape index (κ1) is 20.5. The average Bonchev–Trinajstić information content (AvgIpc) is 3.24. The average molecular weight is 390 g/mol. The Kier molecular flexibility index (Phi) is 6.89. The van der Waals surface area contributed by atoms with Gasteiger partial charge >= 0.3 is 0 Å². The predicted molar refractivity (Wildman–Crippen MR) is 119 cm³/mol. The predicted octanol–water partition coefficient (Wildman–Crippen LogP) is 5.73. The van der Waals surface area contributed by atoms with E-state index in [1.807, 2.05) is 36.4 Å². The zero-order chi connectivity index (χ0) is 20.6. The molecular weight excluding hydrogens is 362 g/mol. The lowest BCUT2D eigenvalue weighted by atomic mass is 10.0. The lowest BCUT2D eigenvalue weighted by Crippen LogP contribution is -2.03. The van der Waals surface area contributed by atoms with Crippen molar-refractivity contribution in [2.24, 2.45) is 15.9 Å². The Morgan fingerprint density at radius 1 is 1.00 bits per heavy atom. The summed E-state index contributed by atoms with van der Waals surface area (Å²) in [7, 11) is 0. The van der Waals surface area contributed by atoms with Gasteiger partial charge in [0.05, 0.1) is 17.6 Å². The van der Waals surface area contributed by atoms with Crippen molar-refractivity contribution >= 4 is 17.6 Å². The Morgan fingerprint density at radius 3 is 2.10 bits per heavy atom. The third-order valence-corrected chi connectivity index (χ3v) is 4.68. The van der Waals surface area contributed by atoms with Gasteiger partial charge in [-0.1, -0.05) is 39.3 Å². The number of hydrogen-bond acceptors (Lipinski definition) is 6. The first-order valence-corrected chi connectivity index (χ1v) is 9.95. The molecule has 1 heterocycles. The van der Waals surface area contributed by atoms with Crippen LogP contribution in [-0.2, 0) is 0 Å². The summed E-state index contributed by atoms with van der Waals surface area (Å²) in [6.07, 6.45) is 4.68. The van der Waals surface area contributed by atoms with E-state index in [2.05, 4.69) is 53.2 Å². The lowest BCUT2D eigenvalue weighted by molar-refractivity contribution is 0.584.